The maximum Gasteiger partial charge on any atom is 0.120 e. The van der Waals surface area contributed by atoms with E-state index < -0.39 is 0 Å². The van der Waals surface area contributed by atoms with Gasteiger partial charge in [-0.05, 0) is 24.2 Å². The Labute approximate surface area is 102 Å². The van der Waals surface area contributed by atoms with E-state index in [2.05, 4.69) is 27.7 Å². The highest BCUT2D eigenvalue weighted by Gasteiger charge is 2.09. The highest BCUT2D eigenvalue weighted by molar-refractivity contribution is 5.49. The third kappa shape index (κ3) is 8.94. The Morgan fingerprint density at radius 3 is 2.12 bits per heavy atom. The molecule has 1 heteroatoms. The summed E-state index contributed by atoms with van der Waals surface area (Å²) in [5, 5.41) is 0. The molecule has 1 nitrogen and oxygen atoms in total. The average Bonchev–Trinajstić information content (AvgIpc) is 2.18. The largest absolute Gasteiger partial charge is 0.303 e. The maximum absolute atomic E-state index is 10.4. The Kier molecular flexibility index (Phi) is 9.66. The minimum atomic E-state index is 0.570. The van der Waals surface area contributed by atoms with Crippen molar-refractivity contribution in [3.63, 3.8) is 0 Å². The minimum absolute atomic E-state index is 0.570. The van der Waals surface area contributed by atoms with Crippen LogP contribution in [0.1, 0.15) is 72.6 Å². The SMILES string of the molecule is CCC[C@@H](C)CCC[C@@H](C)C[C@@H](C)CC=O. The maximum atomic E-state index is 10.4. The van der Waals surface area contributed by atoms with Crippen LogP contribution >= 0.6 is 0 Å². The molecule has 0 heterocycles. The second-order valence-corrected chi connectivity index (χ2v) is 5.67. The fraction of sp³-hybridized carbons (Fsp3) is 0.933. The number of hydrogen-bond donors (Lipinski definition) is 0. The Morgan fingerprint density at radius 2 is 1.56 bits per heavy atom. The molecule has 96 valence electrons. The van der Waals surface area contributed by atoms with Gasteiger partial charge in [-0.3, -0.25) is 0 Å². The van der Waals surface area contributed by atoms with Crippen LogP contribution in [-0.2, 0) is 4.79 Å². The quantitative estimate of drug-likeness (QED) is 0.487. The third-order valence-corrected chi connectivity index (χ3v) is 3.48. The third-order valence-electron chi connectivity index (χ3n) is 3.48. The summed E-state index contributed by atoms with van der Waals surface area (Å²) in [6.07, 6.45) is 9.74. The Hall–Kier alpha value is -0.330. The number of aldehydes is 1. The van der Waals surface area contributed by atoms with Crippen molar-refractivity contribution >= 4 is 6.29 Å². The van der Waals surface area contributed by atoms with Crippen molar-refractivity contribution in [1.82, 2.24) is 0 Å². The van der Waals surface area contributed by atoms with E-state index in [1.807, 2.05) is 0 Å². The lowest BCUT2D eigenvalue weighted by atomic mass is 9.89. The van der Waals surface area contributed by atoms with Crippen LogP contribution in [0, 0.1) is 17.8 Å². The summed E-state index contributed by atoms with van der Waals surface area (Å²) in [6.45, 7) is 9.14. The molecule has 0 aliphatic heterocycles. The van der Waals surface area contributed by atoms with Gasteiger partial charge in [-0.2, -0.15) is 0 Å². The number of hydrogen-bond acceptors (Lipinski definition) is 1. The summed E-state index contributed by atoms with van der Waals surface area (Å²) in [5.74, 6) is 2.24. The molecule has 0 fully saturated rings. The highest BCUT2D eigenvalue weighted by Crippen LogP contribution is 2.21. The van der Waals surface area contributed by atoms with Gasteiger partial charge in [-0.15, -0.1) is 0 Å². The van der Waals surface area contributed by atoms with Crippen LogP contribution in [0.15, 0.2) is 0 Å². The first-order valence-corrected chi connectivity index (χ1v) is 7.03. The fourth-order valence-electron chi connectivity index (χ4n) is 2.52. The van der Waals surface area contributed by atoms with Gasteiger partial charge in [-0.25, -0.2) is 0 Å². The van der Waals surface area contributed by atoms with Gasteiger partial charge in [0.2, 0.25) is 0 Å². The van der Waals surface area contributed by atoms with Crippen molar-refractivity contribution in [3.05, 3.63) is 0 Å². The summed E-state index contributed by atoms with van der Waals surface area (Å²) >= 11 is 0. The molecule has 0 spiro atoms. The zero-order valence-corrected chi connectivity index (χ0v) is 11.7. The molecule has 0 aromatic heterocycles. The molecule has 0 N–H and O–H groups in total. The smallest absolute Gasteiger partial charge is 0.120 e. The highest BCUT2D eigenvalue weighted by atomic mass is 16.1. The van der Waals surface area contributed by atoms with Crippen LogP contribution in [0.4, 0.5) is 0 Å². The van der Waals surface area contributed by atoms with Crippen molar-refractivity contribution in [2.24, 2.45) is 17.8 Å². The summed E-state index contributed by atoms with van der Waals surface area (Å²) in [5.41, 5.74) is 0. The number of carbonyl (C=O) groups is 1. The van der Waals surface area contributed by atoms with Crippen LogP contribution in [0.25, 0.3) is 0 Å². The van der Waals surface area contributed by atoms with E-state index in [4.69, 9.17) is 0 Å². The van der Waals surface area contributed by atoms with Gasteiger partial charge in [0, 0.05) is 6.42 Å². The average molecular weight is 226 g/mol. The van der Waals surface area contributed by atoms with Crippen LogP contribution in [0.2, 0.25) is 0 Å². The summed E-state index contributed by atoms with van der Waals surface area (Å²) < 4.78 is 0. The van der Waals surface area contributed by atoms with Crippen LogP contribution in [-0.4, -0.2) is 6.29 Å². The molecule has 0 aromatic carbocycles. The standard InChI is InChI=1S/C15H30O/c1-5-7-13(2)8-6-9-14(3)12-15(4)10-11-16/h11,13-15H,5-10,12H2,1-4H3/t13-,14-,15+/m1/s1. The van der Waals surface area contributed by atoms with Crippen molar-refractivity contribution in [1.29, 1.82) is 0 Å². The molecule has 0 saturated heterocycles. The summed E-state index contributed by atoms with van der Waals surface area (Å²) in [7, 11) is 0. The molecule has 0 saturated carbocycles. The molecule has 0 unspecified atom stereocenters. The van der Waals surface area contributed by atoms with E-state index in [1.54, 1.807) is 0 Å². The molecule has 0 bridgehead atoms. The lowest BCUT2D eigenvalue weighted by Gasteiger charge is -2.16. The van der Waals surface area contributed by atoms with Crippen molar-refractivity contribution in [2.45, 2.75) is 72.6 Å². The Balaban J connectivity index is 3.49. The zero-order chi connectivity index (χ0) is 12.4. The molecule has 0 rings (SSSR count). The van der Waals surface area contributed by atoms with E-state index in [0.717, 1.165) is 24.5 Å². The lowest BCUT2D eigenvalue weighted by molar-refractivity contribution is -0.108. The zero-order valence-electron chi connectivity index (χ0n) is 11.7. The van der Waals surface area contributed by atoms with Gasteiger partial charge >= 0.3 is 0 Å². The minimum Gasteiger partial charge on any atom is -0.303 e. The molecular weight excluding hydrogens is 196 g/mol. The summed E-state index contributed by atoms with van der Waals surface area (Å²) in [4.78, 5) is 10.4. The van der Waals surface area contributed by atoms with Crippen molar-refractivity contribution in [3.8, 4) is 0 Å². The Bertz CT molecular complexity index is 165. The monoisotopic (exact) mass is 226 g/mol. The molecule has 0 amide bonds. The Morgan fingerprint density at radius 1 is 0.938 bits per heavy atom. The molecule has 16 heavy (non-hydrogen) atoms. The fourth-order valence-corrected chi connectivity index (χ4v) is 2.52. The molecule has 0 aromatic rings. The molecule has 3 atom stereocenters. The molecular formula is C15H30O. The molecule has 0 aliphatic carbocycles. The van der Waals surface area contributed by atoms with Gasteiger partial charge in [0.15, 0.2) is 0 Å². The number of carbonyl (C=O) groups excluding carboxylic acids is 1. The van der Waals surface area contributed by atoms with E-state index in [1.165, 1.54) is 38.5 Å². The lowest BCUT2D eigenvalue weighted by Crippen LogP contribution is -2.04. The van der Waals surface area contributed by atoms with Gasteiger partial charge in [0.05, 0.1) is 0 Å². The van der Waals surface area contributed by atoms with Gasteiger partial charge in [0.1, 0.15) is 6.29 Å². The normalized spacial score (nSPS) is 16.8. The second kappa shape index (κ2) is 9.86. The van der Waals surface area contributed by atoms with E-state index in [0.29, 0.717) is 5.92 Å². The molecule has 0 aliphatic rings. The van der Waals surface area contributed by atoms with Gasteiger partial charge in [-0.1, -0.05) is 59.8 Å². The predicted octanol–water partition coefficient (Wildman–Crippen LogP) is 4.84. The van der Waals surface area contributed by atoms with Gasteiger partial charge < -0.3 is 4.79 Å². The first kappa shape index (κ1) is 15.7. The van der Waals surface area contributed by atoms with Crippen molar-refractivity contribution < 1.29 is 4.79 Å². The van der Waals surface area contributed by atoms with Crippen LogP contribution in [0.5, 0.6) is 0 Å². The van der Waals surface area contributed by atoms with Crippen molar-refractivity contribution in [2.75, 3.05) is 0 Å². The number of rotatable bonds is 10. The van der Waals surface area contributed by atoms with Crippen LogP contribution < -0.4 is 0 Å². The van der Waals surface area contributed by atoms with E-state index >= 15 is 0 Å². The van der Waals surface area contributed by atoms with E-state index in [-0.39, 0.29) is 0 Å². The first-order chi connectivity index (χ1) is 7.60. The predicted molar refractivity (Wildman–Crippen MR) is 71.5 cm³/mol. The van der Waals surface area contributed by atoms with Crippen LogP contribution in [0.3, 0.4) is 0 Å². The van der Waals surface area contributed by atoms with Gasteiger partial charge in [0.25, 0.3) is 0 Å². The molecule has 0 radical (unpaired) electrons. The summed E-state index contributed by atoms with van der Waals surface area (Å²) in [6, 6.07) is 0. The topological polar surface area (TPSA) is 17.1 Å². The van der Waals surface area contributed by atoms with E-state index in [9.17, 15) is 4.79 Å². The second-order valence-electron chi connectivity index (χ2n) is 5.67. The first-order valence-electron chi connectivity index (χ1n) is 7.03.